The van der Waals surface area contributed by atoms with Crippen LogP contribution in [0.25, 0.3) is 11.3 Å². The fourth-order valence-corrected chi connectivity index (χ4v) is 5.40. The minimum Gasteiger partial charge on any atom is -0.481 e. The summed E-state index contributed by atoms with van der Waals surface area (Å²) in [6.07, 6.45) is -2.16. The van der Waals surface area contributed by atoms with Crippen LogP contribution in [0.3, 0.4) is 0 Å². The maximum Gasteiger partial charge on any atom is 0.418 e. The quantitative estimate of drug-likeness (QED) is 0.417. The molecule has 2 aromatic heterocycles. The van der Waals surface area contributed by atoms with Crippen LogP contribution in [0.5, 0.6) is 0 Å². The number of carboxylic acid groups (broad SMARTS) is 1. The van der Waals surface area contributed by atoms with Crippen molar-refractivity contribution in [3.63, 3.8) is 0 Å². The van der Waals surface area contributed by atoms with Gasteiger partial charge in [0.15, 0.2) is 0 Å². The molecule has 2 N–H and O–H groups in total. The molecule has 38 heavy (non-hydrogen) atoms. The molecule has 1 fully saturated rings. The number of nitrogens with zero attached hydrogens (tertiary/aromatic N) is 3. The highest BCUT2D eigenvalue weighted by Crippen LogP contribution is 2.38. The van der Waals surface area contributed by atoms with E-state index in [9.17, 15) is 31.5 Å². The number of piperidine rings is 1. The molecule has 0 unspecified atom stereocenters. The number of benzene rings is 1. The van der Waals surface area contributed by atoms with Crippen molar-refractivity contribution < 1.29 is 31.5 Å². The van der Waals surface area contributed by atoms with Gasteiger partial charge in [-0.3, -0.25) is 9.52 Å². The Morgan fingerprint density at radius 2 is 1.82 bits per heavy atom. The number of sulfonamides is 1. The minimum atomic E-state index is -4.69. The Bertz CT molecular complexity index is 1450. The number of aliphatic carboxylic acids is 1. The van der Waals surface area contributed by atoms with Gasteiger partial charge in [-0.25, -0.2) is 18.4 Å². The van der Waals surface area contributed by atoms with Crippen molar-refractivity contribution in [1.82, 2.24) is 9.97 Å². The molecule has 3 heterocycles. The fraction of sp³-hybridized carbons (Fsp3) is 0.346. The second kappa shape index (κ2) is 10.2. The van der Waals surface area contributed by atoms with E-state index in [-0.39, 0.29) is 22.0 Å². The Balaban J connectivity index is 1.64. The summed E-state index contributed by atoms with van der Waals surface area (Å²) in [5, 5.41) is 9.44. The first kappa shape index (κ1) is 27.4. The summed E-state index contributed by atoms with van der Waals surface area (Å²) in [4.78, 5) is 21.5. The summed E-state index contributed by atoms with van der Waals surface area (Å²) >= 11 is 0. The molecule has 1 aliphatic heterocycles. The van der Waals surface area contributed by atoms with E-state index in [4.69, 9.17) is 0 Å². The molecule has 0 saturated carbocycles. The van der Waals surface area contributed by atoms with E-state index in [0.717, 1.165) is 12.1 Å². The number of aryl methyl sites for hydroxylation is 1. The molecule has 202 valence electrons. The monoisotopic (exact) mass is 548 g/mol. The van der Waals surface area contributed by atoms with E-state index in [2.05, 4.69) is 14.7 Å². The number of hydrogen-bond donors (Lipinski definition) is 2. The van der Waals surface area contributed by atoms with Gasteiger partial charge >= 0.3 is 12.1 Å². The molecular weight excluding hydrogens is 521 g/mol. The number of nitrogens with one attached hydrogen (secondary N) is 1. The average molecular weight is 549 g/mol. The maximum atomic E-state index is 13.8. The first-order valence-electron chi connectivity index (χ1n) is 12.0. The summed E-state index contributed by atoms with van der Waals surface area (Å²) in [5.41, 5.74) is -1.27. The van der Waals surface area contributed by atoms with E-state index in [1.54, 1.807) is 30.0 Å². The van der Waals surface area contributed by atoms with Crippen LogP contribution in [-0.4, -0.2) is 42.6 Å². The van der Waals surface area contributed by atoms with Crippen molar-refractivity contribution in [3.8, 4) is 11.3 Å². The number of halogens is 3. The Morgan fingerprint density at radius 3 is 2.45 bits per heavy atom. The molecule has 0 radical (unpaired) electrons. The van der Waals surface area contributed by atoms with E-state index < -0.39 is 33.1 Å². The second-order valence-electron chi connectivity index (χ2n) is 9.41. The van der Waals surface area contributed by atoms with Crippen LogP contribution in [-0.2, 0) is 27.4 Å². The molecule has 0 atom stereocenters. The van der Waals surface area contributed by atoms with Crippen molar-refractivity contribution in [1.29, 1.82) is 0 Å². The summed E-state index contributed by atoms with van der Waals surface area (Å²) in [5.74, 6) is -0.777. The van der Waals surface area contributed by atoms with Crippen molar-refractivity contribution in [2.75, 3.05) is 22.7 Å². The highest BCUT2D eigenvalue weighted by atomic mass is 32.2. The molecule has 3 aromatic rings. The topological polar surface area (TPSA) is 112 Å². The van der Waals surface area contributed by atoms with Gasteiger partial charge in [0.1, 0.15) is 11.6 Å². The molecular formula is C26H27F3N4O4S. The lowest BCUT2D eigenvalue weighted by atomic mass is 9.80. The Morgan fingerprint density at radius 1 is 1.13 bits per heavy atom. The predicted octanol–water partition coefficient (Wildman–Crippen LogP) is 5.22. The zero-order valence-corrected chi connectivity index (χ0v) is 21.6. The van der Waals surface area contributed by atoms with Gasteiger partial charge < -0.3 is 10.0 Å². The van der Waals surface area contributed by atoms with Crippen LogP contribution < -0.4 is 9.62 Å². The third kappa shape index (κ3) is 5.59. The van der Waals surface area contributed by atoms with Gasteiger partial charge in [-0.05, 0) is 49.9 Å². The molecule has 0 amide bonds. The lowest BCUT2D eigenvalue weighted by Gasteiger charge is -2.37. The minimum absolute atomic E-state index is 0.147. The van der Waals surface area contributed by atoms with Gasteiger partial charge in [0.05, 0.1) is 21.6 Å². The molecule has 0 spiro atoms. The third-order valence-electron chi connectivity index (χ3n) is 6.83. The van der Waals surface area contributed by atoms with Crippen molar-refractivity contribution in [2.24, 2.45) is 5.41 Å². The largest absolute Gasteiger partial charge is 0.481 e. The third-order valence-corrected chi connectivity index (χ3v) is 8.18. The lowest BCUT2D eigenvalue weighted by Crippen LogP contribution is -2.43. The highest BCUT2D eigenvalue weighted by molar-refractivity contribution is 7.92. The molecule has 4 rings (SSSR count). The fourth-order valence-electron chi connectivity index (χ4n) is 4.39. The van der Waals surface area contributed by atoms with Gasteiger partial charge in [0, 0.05) is 30.9 Å². The molecule has 0 aliphatic carbocycles. The van der Waals surface area contributed by atoms with E-state index in [1.165, 1.54) is 24.4 Å². The predicted molar refractivity (Wildman–Crippen MR) is 136 cm³/mol. The summed E-state index contributed by atoms with van der Waals surface area (Å²) in [7, 11) is -4.23. The normalized spacial score (nSPS) is 15.8. The van der Waals surface area contributed by atoms with Crippen molar-refractivity contribution in [3.05, 3.63) is 65.9 Å². The lowest BCUT2D eigenvalue weighted by molar-refractivity contribution is -0.149. The standard InChI is InChI=1S/C26H27F3N4O4S/c1-3-17-6-4-5-7-19(17)23-20(26(27,28)29)8-9-21(31-23)32-38(36,37)18-10-13-30-22(16-18)33-14-11-25(2,12-15-33)24(34)35/h4-10,13,16H,3,11-12,14-15H2,1-2H3,(H,31,32)(H,34,35). The summed E-state index contributed by atoms with van der Waals surface area (Å²) in [6.45, 7) is 4.25. The number of pyridine rings is 2. The number of alkyl halides is 3. The maximum absolute atomic E-state index is 13.8. The van der Waals surface area contributed by atoms with Gasteiger partial charge in [0.25, 0.3) is 10.0 Å². The van der Waals surface area contributed by atoms with Crippen molar-refractivity contribution in [2.45, 2.75) is 44.2 Å². The number of aromatic nitrogens is 2. The smallest absolute Gasteiger partial charge is 0.418 e. The number of hydrogen-bond acceptors (Lipinski definition) is 6. The second-order valence-corrected chi connectivity index (χ2v) is 11.1. The molecule has 0 bridgehead atoms. The first-order chi connectivity index (χ1) is 17.8. The van der Waals surface area contributed by atoms with Gasteiger partial charge in [-0.2, -0.15) is 13.2 Å². The number of carbonyl (C=O) groups is 1. The van der Waals surface area contributed by atoms with Crippen LogP contribution >= 0.6 is 0 Å². The highest BCUT2D eigenvalue weighted by Gasteiger charge is 2.38. The van der Waals surface area contributed by atoms with E-state index in [0.29, 0.717) is 43.7 Å². The number of rotatable bonds is 7. The van der Waals surface area contributed by atoms with E-state index in [1.807, 2.05) is 6.92 Å². The Hall–Kier alpha value is -3.67. The molecule has 12 heteroatoms. The van der Waals surface area contributed by atoms with Crippen LogP contribution in [0.4, 0.5) is 24.8 Å². The first-order valence-corrected chi connectivity index (χ1v) is 13.5. The van der Waals surface area contributed by atoms with Gasteiger partial charge in [-0.1, -0.05) is 31.2 Å². The van der Waals surface area contributed by atoms with E-state index >= 15 is 0 Å². The zero-order valence-electron chi connectivity index (χ0n) is 20.8. The molecule has 8 nitrogen and oxygen atoms in total. The van der Waals surface area contributed by atoms with Crippen LogP contribution in [0.2, 0.25) is 0 Å². The Labute approximate surface area is 218 Å². The molecule has 1 saturated heterocycles. The average Bonchev–Trinajstić information content (AvgIpc) is 2.88. The number of anilines is 2. The van der Waals surface area contributed by atoms with Crippen LogP contribution in [0.1, 0.15) is 37.8 Å². The summed E-state index contributed by atoms with van der Waals surface area (Å²) < 4.78 is 70.0. The van der Waals surface area contributed by atoms with Gasteiger partial charge in [0.2, 0.25) is 0 Å². The molecule has 1 aromatic carbocycles. The Kier molecular flexibility index (Phi) is 7.37. The van der Waals surface area contributed by atoms with Gasteiger partial charge in [-0.15, -0.1) is 0 Å². The number of carboxylic acids is 1. The van der Waals surface area contributed by atoms with Crippen LogP contribution in [0, 0.1) is 5.41 Å². The van der Waals surface area contributed by atoms with Crippen LogP contribution in [0.15, 0.2) is 59.6 Å². The summed E-state index contributed by atoms with van der Waals surface area (Å²) in [6, 6.07) is 11.0. The SMILES string of the molecule is CCc1ccccc1-c1nc(NS(=O)(=O)c2ccnc(N3CCC(C)(C(=O)O)CC3)c2)ccc1C(F)(F)F. The zero-order chi connectivity index (χ0) is 27.7. The molecule has 1 aliphatic rings. The van der Waals surface area contributed by atoms with Crippen molar-refractivity contribution >= 4 is 27.6 Å².